The van der Waals surface area contributed by atoms with Crippen LogP contribution >= 0.6 is 0 Å². The van der Waals surface area contributed by atoms with E-state index in [4.69, 9.17) is 15.0 Å². The van der Waals surface area contributed by atoms with Gasteiger partial charge in [0.05, 0.1) is 0 Å². The molecule has 5 nitrogen and oxygen atoms in total. The fourth-order valence-electron chi connectivity index (χ4n) is 1.86. The van der Waals surface area contributed by atoms with Crippen LogP contribution in [-0.4, -0.2) is 23.3 Å². The minimum absolute atomic E-state index is 0.290. The molecule has 1 aromatic rings. The van der Waals surface area contributed by atoms with Crippen LogP contribution < -0.4 is 5.73 Å². The van der Waals surface area contributed by atoms with Gasteiger partial charge in [-0.25, -0.2) is 0 Å². The Morgan fingerprint density at radius 2 is 2.43 bits per heavy atom. The van der Waals surface area contributed by atoms with Crippen molar-refractivity contribution in [1.29, 1.82) is 0 Å². The first-order chi connectivity index (χ1) is 6.79. The van der Waals surface area contributed by atoms with Crippen molar-refractivity contribution >= 4 is 0 Å². The molecule has 2 atom stereocenters. The zero-order chi connectivity index (χ0) is 9.97. The molecule has 0 saturated heterocycles. The van der Waals surface area contributed by atoms with Crippen LogP contribution in [0.2, 0.25) is 0 Å². The highest BCUT2D eigenvalue weighted by molar-refractivity contribution is 4.98. The molecule has 0 aromatic carbocycles. The highest BCUT2D eigenvalue weighted by Crippen LogP contribution is 2.32. The molecule has 2 rings (SSSR count). The number of hydrogen-bond acceptors (Lipinski definition) is 5. The molecule has 0 bridgehead atoms. The summed E-state index contributed by atoms with van der Waals surface area (Å²) in [5, 5.41) is 3.82. The number of nitrogens with zero attached hydrogens (tertiary/aromatic N) is 2. The maximum absolute atomic E-state index is 5.81. The van der Waals surface area contributed by atoms with Crippen molar-refractivity contribution in [2.75, 3.05) is 7.11 Å². The minimum Gasteiger partial charge on any atom is -0.377 e. The molecule has 1 saturated carbocycles. The second-order valence-corrected chi connectivity index (χ2v) is 3.75. The molecule has 0 aliphatic heterocycles. The van der Waals surface area contributed by atoms with Gasteiger partial charge in [-0.15, -0.1) is 0 Å². The smallest absolute Gasteiger partial charge is 0.229 e. The molecule has 78 valence electrons. The Bertz CT molecular complexity index is 300. The van der Waals surface area contributed by atoms with Gasteiger partial charge in [-0.1, -0.05) is 5.16 Å². The van der Waals surface area contributed by atoms with E-state index in [1.165, 1.54) is 0 Å². The van der Waals surface area contributed by atoms with Crippen molar-refractivity contribution in [3.8, 4) is 0 Å². The van der Waals surface area contributed by atoms with Crippen LogP contribution in [0.3, 0.4) is 0 Å². The molecule has 1 aromatic heterocycles. The Morgan fingerprint density at radius 3 is 3.07 bits per heavy atom. The molecule has 1 aliphatic carbocycles. The highest BCUT2D eigenvalue weighted by atomic mass is 16.5. The molecule has 0 amide bonds. The van der Waals surface area contributed by atoms with E-state index >= 15 is 0 Å². The van der Waals surface area contributed by atoms with Gasteiger partial charge in [0.25, 0.3) is 0 Å². The van der Waals surface area contributed by atoms with E-state index in [1.54, 1.807) is 7.11 Å². The second kappa shape index (κ2) is 4.06. The number of nitrogens with two attached hydrogens (primary N) is 1. The van der Waals surface area contributed by atoms with Crippen molar-refractivity contribution in [2.24, 2.45) is 5.73 Å². The quantitative estimate of drug-likeness (QED) is 0.776. The standard InChI is InChI=1S/C9H15N3O2/c1-13-5-8-11-9(14-12-8)6-2-3-7(10)4-6/h6-7H,2-5,10H2,1H3/t6-,7+/m1/s1. The predicted molar refractivity (Wildman–Crippen MR) is 49.6 cm³/mol. The molecule has 14 heavy (non-hydrogen) atoms. The van der Waals surface area contributed by atoms with Crippen molar-refractivity contribution in [3.63, 3.8) is 0 Å². The van der Waals surface area contributed by atoms with Gasteiger partial charge in [0.2, 0.25) is 5.89 Å². The molecular formula is C9H15N3O2. The lowest BCUT2D eigenvalue weighted by Crippen LogP contribution is -2.14. The Balaban J connectivity index is 2.02. The van der Waals surface area contributed by atoms with Crippen LogP contribution in [0.5, 0.6) is 0 Å². The third kappa shape index (κ3) is 1.93. The van der Waals surface area contributed by atoms with E-state index in [1.807, 2.05) is 0 Å². The summed E-state index contributed by atoms with van der Waals surface area (Å²) in [5.74, 6) is 1.68. The SMILES string of the molecule is COCc1noc([C@@H]2CC[C@H](N)C2)n1. The average Bonchev–Trinajstić information content (AvgIpc) is 2.74. The van der Waals surface area contributed by atoms with E-state index in [9.17, 15) is 0 Å². The third-order valence-electron chi connectivity index (χ3n) is 2.58. The normalized spacial score (nSPS) is 27.0. The first-order valence-corrected chi connectivity index (χ1v) is 4.86. The fourth-order valence-corrected chi connectivity index (χ4v) is 1.86. The maximum atomic E-state index is 5.81. The second-order valence-electron chi connectivity index (χ2n) is 3.75. The van der Waals surface area contributed by atoms with Gasteiger partial charge in [-0.05, 0) is 19.3 Å². The number of methoxy groups -OCH3 is 1. The predicted octanol–water partition coefficient (Wildman–Crippen LogP) is 0.811. The lowest BCUT2D eigenvalue weighted by atomic mass is 10.1. The molecule has 0 radical (unpaired) electrons. The van der Waals surface area contributed by atoms with E-state index in [0.29, 0.717) is 24.2 Å². The molecule has 1 heterocycles. The third-order valence-corrected chi connectivity index (χ3v) is 2.58. The molecular weight excluding hydrogens is 182 g/mol. The van der Waals surface area contributed by atoms with E-state index in [-0.39, 0.29) is 6.04 Å². The Labute approximate surface area is 82.6 Å². The van der Waals surface area contributed by atoms with Crippen molar-refractivity contribution in [2.45, 2.75) is 37.8 Å². The number of aromatic nitrogens is 2. The maximum Gasteiger partial charge on any atom is 0.229 e. The molecule has 0 spiro atoms. The molecule has 2 N–H and O–H groups in total. The van der Waals surface area contributed by atoms with Crippen LogP contribution in [0.4, 0.5) is 0 Å². The molecule has 1 aliphatic rings. The van der Waals surface area contributed by atoms with E-state index in [0.717, 1.165) is 19.3 Å². The number of ether oxygens (including phenoxy) is 1. The first kappa shape index (κ1) is 9.61. The number of rotatable bonds is 3. The van der Waals surface area contributed by atoms with Gasteiger partial charge >= 0.3 is 0 Å². The Kier molecular flexibility index (Phi) is 2.79. The summed E-state index contributed by atoms with van der Waals surface area (Å²) in [7, 11) is 1.61. The van der Waals surface area contributed by atoms with Gasteiger partial charge in [-0.3, -0.25) is 0 Å². The number of hydrogen-bond donors (Lipinski definition) is 1. The monoisotopic (exact) mass is 197 g/mol. The minimum atomic E-state index is 0.290. The van der Waals surface area contributed by atoms with Crippen LogP contribution in [0.15, 0.2) is 4.52 Å². The van der Waals surface area contributed by atoms with Gasteiger partial charge in [-0.2, -0.15) is 4.98 Å². The fraction of sp³-hybridized carbons (Fsp3) is 0.778. The molecule has 1 fully saturated rings. The Morgan fingerprint density at radius 1 is 1.57 bits per heavy atom. The van der Waals surface area contributed by atoms with E-state index < -0.39 is 0 Å². The van der Waals surface area contributed by atoms with Gasteiger partial charge < -0.3 is 15.0 Å². The average molecular weight is 197 g/mol. The zero-order valence-corrected chi connectivity index (χ0v) is 8.27. The summed E-state index contributed by atoms with van der Waals surface area (Å²) < 4.78 is 10.1. The first-order valence-electron chi connectivity index (χ1n) is 4.86. The summed E-state index contributed by atoms with van der Waals surface area (Å²) in [6.45, 7) is 0.405. The molecule has 5 heteroatoms. The topological polar surface area (TPSA) is 74.2 Å². The van der Waals surface area contributed by atoms with Gasteiger partial charge in [0, 0.05) is 19.1 Å². The van der Waals surface area contributed by atoms with Crippen LogP contribution in [0.25, 0.3) is 0 Å². The van der Waals surface area contributed by atoms with Crippen LogP contribution in [0, 0.1) is 0 Å². The van der Waals surface area contributed by atoms with Crippen LogP contribution in [-0.2, 0) is 11.3 Å². The highest BCUT2D eigenvalue weighted by Gasteiger charge is 2.27. The van der Waals surface area contributed by atoms with Crippen molar-refractivity contribution < 1.29 is 9.26 Å². The lowest BCUT2D eigenvalue weighted by molar-refractivity contribution is 0.174. The summed E-state index contributed by atoms with van der Waals surface area (Å²) >= 11 is 0. The lowest BCUT2D eigenvalue weighted by Gasteiger charge is -2.01. The van der Waals surface area contributed by atoms with Gasteiger partial charge in [0.1, 0.15) is 6.61 Å². The van der Waals surface area contributed by atoms with Crippen LogP contribution in [0.1, 0.15) is 36.9 Å². The zero-order valence-electron chi connectivity index (χ0n) is 8.27. The summed E-state index contributed by atoms with van der Waals surface area (Å²) in [5.41, 5.74) is 5.81. The Hall–Kier alpha value is -0.940. The summed E-state index contributed by atoms with van der Waals surface area (Å²) in [6, 6.07) is 0.290. The van der Waals surface area contributed by atoms with Gasteiger partial charge in [0.15, 0.2) is 5.82 Å². The van der Waals surface area contributed by atoms with Crippen molar-refractivity contribution in [1.82, 2.24) is 10.1 Å². The summed E-state index contributed by atoms with van der Waals surface area (Å²) in [4.78, 5) is 4.26. The largest absolute Gasteiger partial charge is 0.377 e. The van der Waals surface area contributed by atoms with E-state index in [2.05, 4.69) is 10.1 Å². The van der Waals surface area contributed by atoms with Crippen molar-refractivity contribution in [3.05, 3.63) is 11.7 Å². The summed E-state index contributed by atoms with van der Waals surface area (Å²) in [6.07, 6.45) is 3.05. The molecule has 0 unspecified atom stereocenters.